The van der Waals surface area contributed by atoms with Gasteiger partial charge in [-0.3, -0.25) is 0 Å². The second-order valence-corrected chi connectivity index (χ2v) is 3.51. The van der Waals surface area contributed by atoms with E-state index in [2.05, 4.69) is 0 Å². The number of aromatic hydroxyl groups is 1. The summed E-state index contributed by atoms with van der Waals surface area (Å²) in [6.45, 7) is 1.93. The molecule has 3 N–H and O–H groups in total. The van der Waals surface area contributed by atoms with Gasteiger partial charge in [0.25, 0.3) is 0 Å². The number of fused-ring (bicyclic) bond motifs is 1. The smallest absolute Gasteiger partial charge is 0.123 e. The average Bonchev–Trinajstić information content (AvgIpc) is 2.46. The van der Waals surface area contributed by atoms with Gasteiger partial charge in [0.15, 0.2) is 0 Å². The van der Waals surface area contributed by atoms with Crippen molar-refractivity contribution in [3.63, 3.8) is 0 Å². The molecule has 2 rings (SSSR count). The Kier molecular flexibility index (Phi) is 1.88. The SMILES string of the molecule is CC(N)C1Cc2cc(O)ccc2O1. The molecule has 13 heavy (non-hydrogen) atoms. The van der Waals surface area contributed by atoms with Crippen molar-refractivity contribution in [2.24, 2.45) is 5.73 Å². The molecule has 1 aromatic rings. The zero-order chi connectivity index (χ0) is 9.42. The van der Waals surface area contributed by atoms with Gasteiger partial charge in [-0.25, -0.2) is 0 Å². The summed E-state index contributed by atoms with van der Waals surface area (Å²) in [5, 5.41) is 9.23. The van der Waals surface area contributed by atoms with Crippen LogP contribution in [0.3, 0.4) is 0 Å². The summed E-state index contributed by atoms with van der Waals surface area (Å²) in [6.07, 6.45) is 0.846. The highest BCUT2D eigenvalue weighted by Gasteiger charge is 2.25. The molecule has 0 saturated heterocycles. The Labute approximate surface area is 77.1 Å². The number of hydrogen-bond acceptors (Lipinski definition) is 3. The van der Waals surface area contributed by atoms with Crippen molar-refractivity contribution in [1.29, 1.82) is 0 Å². The van der Waals surface area contributed by atoms with Crippen molar-refractivity contribution >= 4 is 0 Å². The molecule has 1 aliphatic rings. The zero-order valence-electron chi connectivity index (χ0n) is 7.53. The van der Waals surface area contributed by atoms with E-state index in [0.29, 0.717) is 0 Å². The minimum absolute atomic E-state index is 0.0227. The van der Waals surface area contributed by atoms with E-state index in [-0.39, 0.29) is 17.9 Å². The van der Waals surface area contributed by atoms with Gasteiger partial charge in [-0.05, 0) is 25.1 Å². The van der Waals surface area contributed by atoms with Crippen molar-refractivity contribution < 1.29 is 9.84 Å². The molecule has 0 fully saturated rings. The lowest BCUT2D eigenvalue weighted by molar-refractivity contribution is 0.206. The van der Waals surface area contributed by atoms with Crippen LogP contribution in [0.4, 0.5) is 0 Å². The van der Waals surface area contributed by atoms with Crippen molar-refractivity contribution in [1.82, 2.24) is 0 Å². The number of phenols is 1. The van der Waals surface area contributed by atoms with Gasteiger partial charge in [0, 0.05) is 18.0 Å². The lowest BCUT2D eigenvalue weighted by Gasteiger charge is -2.13. The maximum Gasteiger partial charge on any atom is 0.123 e. The summed E-state index contributed by atoms with van der Waals surface area (Å²) in [7, 11) is 0. The van der Waals surface area contributed by atoms with Crippen LogP contribution in [-0.4, -0.2) is 17.3 Å². The third-order valence-electron chi connectivity index (χ3n) is 2.33. The van der Waals surface area contributed by atoms with Crippen LogP contribution in [0.5, 0.6) is 11.5 Å². The molecule has 70 valence electrons. The topological polar surface area (TPSA) is 55.5 Å². The van der Waals surface area contributed by atoms with E-state index < -0.39 is 0 Å². The normalized spacial score (nSPS) is 22.2. The summed E-state index contributed by atoms with van der Waals surface area (Å²) in [4.78, 5) is 0. The van der Waals surface area contributed by atoms with E-state index in [0.717, 1.165) is 17.7 Å². The maximum atomic E-state index is 9.23. The molecule has 1 aromatic carbocycles. The molecule has 0 saturated carbocycles. The largest absolute Gasteiger partial charge is 0.508 e. The third kappa shape index (κ3) is 1.47. The first-order valence-corrected chi connectivity index (χ1v) is 4.41. The van der Waals surface area contributed by atoms with E-state index in [9.17, 15) is 5.11 Å². The first-order valence-electron chi connectivity index (χ1n) is 4.41. The van der Waals surface area contributed by atoms with Gasteiger partial charge >= 0.3 is 0 Å². The van der Waals surface area contributed by atoms with E-state index in [1.807, 2.05) is 6.92 Å². The number of nitrogens with two attached hydrogens (primary N) is 1. The highest BCUT2D eigenvalue weighted by molar-refractivity contribution is 5.42. The first kappa shape index (κ1) is 8.38. The summed E-state index contributed by atoms with van der Waals surface area (Å²) < 4.78 is 5.59. The standard InChI is InChI=1S/C10H13NO2/c1-6(11)10-5-7-4-8(12)2-3-9(7)13-10/h2-4,6,10,12H,5,11H2,1H3. The fraction of sp³-hybridized carbons (Fsp3) is 0.400. The zero-order valence-corrected chi connectivity index (χ0v) is 7.53. The molecule has 0 aromatic heterocycles. The number of ether oxygens (including phenoxy) is 1. The molecular formula is C10H13NO2. The van der Waals surface area contributed by atoms with E-state index in [1.165, 1.54) is 0 Å². The second-order valence-electron chi connectivity index (χ2n) is 3.51. The molecule has 1 heterocycles. The van der Waals surface area contributed by atoms with Crippen LogP contribution < -0.4 is 10.5 Å². The molecule has 0 amide bonds. The molecule has 0 radical (unpaired) electrons. The van der Waals surface area contributed by atoms with Crippen LogP contribution in [-0.2, 0) is 6.42 Å². The Bertz CT molecular complexity index is 323. The van der Waals surface area contributed by atoms with Crippen LogP contribution in [0.15, 0.2) is 18.2 Å². The van der Waals surface area contributed by atoms with Crippen molar-refractivity contribution in [3.05, 3.63) is 23.8 Å². The monoisotopic (exact) mass is 179 g/mol. The van der Waals surface area contributed by atoms with E-state index >= 15 is 0 Å². The minimum Gasteiger partial charge on any atom is -0.508 e. The summed E-state index contributed by atoms with van der Waals surface area (Å²) in [5.41, 5.74) is 6.77. The van der Waals surface area contributed by atoms with Gasteiger partial charge in [0.2, 0.25) is 0 Å². The van der Waals surface area contributed by atoms with Crippen LogP contribution in [0, 0.1) is 0 Å². The summed E-state index contributed by atoms with van der Waals surface area (Å²) in [5.74, 6) is 1.13. The third-order valence-corrected chi connectivity index (χ3v) is 2.33. The highest BCUT2D eigenvalue weighted by Crippen LogP contribution is 2.32. The Morgan fingerprint density at radius 3 is 3.08 bits per heavy atom. The molecule has 3 heteroatoms. The predicted octanol–water partition coefficient (Wildman–Crippen LogP) is 1.04. The second kappa shape index (κ2) is 2.92. The summed E-state index contributed by atoms with van der Waals surface area (Å²) in [6, 6.07) is 5.17. The Morgan fingerprint density at radius 2 is 2.38 bits per heavy atom. The quantitative estimate of drug-likeness (QED) is 0.677. The minimum atomic E-state index is 0.0227. The maximum absolute atomic E-state index is 9.23. The number of phenolic OH excluding ortho intramolecular Hbond substituents is 1. The summed E-state index contributed by atoms with van der Waals surface area (Å²) >= 11 is 0. The predicted molar refractivity (Wildman–Crippen MR) is 49.9 cm³/mol. The number of hydrogen-bond donors (Lipinski definition) is 2. The lowest BCUT2D eigenvalue weighted by Crippen LogP contribution is -2.34. The van der Waals surface area contributed by atoms with Crippen molar-refractivity contribution in [2.45, 2.75) is 25.5 Å². The fourth-order valence-electron chi connectivity index (χ4n) is 1.56. The van der Waals surface area contributed by atoms with Gasteiger partial charge in [0.05, 0.1) is 0 Å². The molecule has 0 bridgehead atoms. The van der Waals surface area contributed by atoms with Crippen LogP contribution in [0.2, 0.25) is 0 Å². The van der Waals surface area contributed by atoms with Gasteiger partial charge < -0.3 is 15.6 Å². The molecule has 2 atom stereocenters. The van der Waals surface area contributed by atoms with Gasteiger partial charge in [-0.15, -0.1) is 0 Å². The van der Waals surface area contributed by atoms with E-state index in [4.69, 9.17) is 10.5 Å². The fourth-order valence-corrected chi connectivity index (χ4v) is 1.56. The Balaban J connectivity index is 2.25. The number of benzene rings is 1. The molecule has 0 aliphatic carbocycles. The van der Waals surface area contributed by atoms with Gasteiger partial charge in [-0.1, -0.05) is 0 Å². The van der Waals surface area contributed by atoms with Gasteiger partial charge in [-0.2, -0.15) is 0 Å². The van der Waals surface area contributed by atoms with Gasteiger partial charge in [0.1, 0.15) is 17.6 Å². The lowest BCUT2D eigenvalue weighted by atomic mass is 10.1. The van der Waals surface area contributed by atoms with Crippen molar-refractivity contribution in [2.75, 3.05) is 0 Å². The van der Waals surface area contributed by atoms with Crippen LogP contribution in [0.25, 0.3) is 0 Å². The van der Waals surface area contributed by atoms with Crippen molar-refractivity contribution in [3.8, 4) is 11.5 Å². The van der Waals surface area contributed by atoms with Crippen LogP contribution >= 0.6 is 0 Å². The molecular weight excluding hydrogens is 166 g/mol. The first-order chi connectivity index (χ1) is 6.16. The Morgan fingerprint density at radius 1 is 1.62 bits per heavy atom. The molecule has 2 unspecified atom stereocenters. The highest BCUT2D eigenvalue weighted by atomic mass is 16.5. The Hall–Kier alpha value is -1.22. The molecule has 0 spiro atoms. The average molecular weight is 179 g/mol. The number of rotatable bonds is 1. The molecule has 1 aliphatic heterocycles. The molecule has 3 nitrogen and oxygen atoms in total. The van der Waals surface area contributed by atoms with Crippen LogP contribution in [0.1, 0.15) is 12.5 Å². The van der Waals surface area contributed by atoms with E-state index in [1.54, 1.807) is 18.2 Å².